The summed E-state index contributed by atoms with van der Waals surface area (Å²) < 4.78 is 31.1. The molecule has 0 saturated heterocycles. The van der Waals surface area contributed by atoms with Crippen molar-refractivity contribution in [2.75, 3.05) is 20.2 Å². The first-order valence-corrected chi connectivity index (χ1v) is 6.84. The van der Waals surface area contributed by atoms with Crippen LogP contribution in [-0.4, -0.2) is 32.0 Å². The molecular formula is C15H23ClF2N2O2. The molecule has 22 heavy (non-hydrogen) atoms. The second-order valence-electron chi connectivity index (χ2n) is 5.16. The lowest BCUT2D eigenvalue weighted by atomic mass is 9.97. The number of rotatable bonds is 8. The summed E-state index contributed by atoms with van der Waals surface area (Å²) in [4.78, 5) is 11.6. The minimum atomic E-state index is -3.05. The third-order valence-electron chi connectivity index (χ3n) is 3.14. The first-order chi connectivity index (χ1) is 9.88. The van der Waals surface area contributed by atoms with Crippen LogP contribution in [0.25, 0.3) is 0 Å². The Hall–Kier alpha value is -1.40. The predicted octanol–water partition coefficient (Wildman–Crippen LogP) is 2.40. The molecule has 1 atom stereocenters. The Bertz CT molecular complexity index is 473. The second kappa shape index (κ2) is 9.58. The molecule has 4 nitrogen and oxygen atoms in total. The Balaban J connectivity index is 0.00000441. The highest BCUT2D eigenvalue weighted by Gasteiger charge is 2.27. The number of benzene rings is 1. The zero-order valence-electron chi connectivity index (χ0n) is 12.8. The molecule has 0 aliphatic carbocycles. The number of ether oxygens (including phenoxy) is 1. The van der Waals surface area contributed by atoms with Crippen molar-refractivity contribution in [2.24, 2.45) is 11.7 Å². The molecular weight excluding hydrogens is 314 g/mol. The van der Waals surface area contributed by atoms with Crippen LogP contribution >= 0.6 is 12.4 Å². The number of methoxy groups -OCH3 is 1. The van der Waals surface area contributed by atoms with Crippen molar-refractivity contribution in [1.82, 2.24) is 5.32 Å². The highest BCUT2D eigenvalue weighted by molar-refractivity contribution is 5.85. The molecule has 1 rings (SSSR count). The van der Waals surface area contributed by atoms with Gasteiger partial charge in [0.25, 0.3) is 5.92 Å². The topological polar surface area (TPSA) is 64.3 Å². The number of nitrogens with two attached hydrogens (primary N) is 1. The average molecular weight is 337 g/mol. The van der Waals surface area contributed by atoms with E-state index in [1.54, 1.807) is 7.11 Å². The molecule has 1 aromatic rings. The molecule has 0 aromatic heterocycles. The molecule has 7 heteroatoms. The average Bonchev–Trinajstić information content (AvgIpc) is 2.46. The van der Waals surface area contributed by atoms with E-state index in [1.807, 2.05) is 31.2 Å². The van der Waals surface area contributed by atoms with Crippen LogP contribution in [-0.2, 0) is 11.2 Å². The van der Waals surface area contributed by atoms with E-state index in [4.69, 9.17) is 10.5 Å². The predicted molar refractivity (Wildman–Crippen MR) is 84.7 cm³/mol. The zero-order valence-corrected chi connectivity index (χ0v) is 13.6. The summed E-state index contributed by atoms with van der Waals surface area (Å²) in [5, 5.41) is 2.22. The molecule has 0 aliphatic heterocycles. The molecule has 1 amide bonds. The van der Waals surface area contributed by atoms with E-state index in [0.717, 1.165) is 11.3 Å². The Morgan fingerprint density at radius 1 is 1.41 bits per heavy atom. The van der Waals surface area contributed by atoms with Crippen molar-refractivity contribution in [2.45, 2.75) is 25.7 Å². The van der Waals surface area contributed by atoms with E-state index in [2.05, 4.69) is 5.32 Å². The van der Waals surface area contributed by atoms with Crippen LogP contribution in [0.4, 0.5) is 8.78 Å². The smallest absolute Gasteiger partial charge is 0.277 e. The minimum Gasteiger partial charge on any atom is -0.496 e. The van der Waals surface area contributed by atoms with Crippen LogP contribution in [0.3, 0.4) is 0 Å². The molecule has 0 fully saturated rings. The fourth-order valence-electron chi connectivity index (χ4n) is 2.01. The molecule has 0 aliphatic rings. The Morgan fingerprint density at radius 2 is 2.05 bits per heavy atom. The van der Waals surface area contributed by atoms with Gasteiger partial charge in [-0.15, -0.1) is 12.4 Å². The molecule has 1 aromatic carbocycles. The van der Waals surface area contributed by atoms with E-state index >= 15 is 0 Å². The number of carbonyl (C=O) groups is 1. The van der Waals surface area contributed by atoms with Crippen LogP contribution < -0.4 is 15.8 Å². The first kappa shape index (κ1) is 20.6. The minimum absolute atomic E-state index is 0. The lowest BCUT2D eigenvalue weighted by molar-refractivity contribution is -0.123. The zero-order chi connectivity index (χ0) is 15.9. The quantitative estimate of drug-likeness (QED) is 0.766. The largest absolute Gasteiger partial charge is 0.496 e. The van der Waals surface area contributed by atoms with Gasteiger partial charge in [-0.3, -0.25) is 4.79 Å². The molecule has 0 saturated carbocycles. The summed E-state index contributed by atoms with van der Waals surface area (Å²) >= 11 is 0. The molecule has 0 spiro atoms. The van der Waals surface area contributed by atoms with E-state index in [0.29, 0.717) is 6.42 Å². The molecule has 0 heterocycles. The van der Waals surface area contributed by atoms with Gasteiger partial charge in [0.2, 0.25) is 5.91 Å². The number of hydrogen-bond acceptors (Lipinski definition) is 3. The van der Waals surface area contributed by atoms with Gasteiger partial charge < -0.3 is 15.8 Å². The van der Waals surface area contributed by atoms with E-state index in [9.17, 15) is 13.6 Å². The van der Waals surface area contributed by atoms with Crippen LogP contribution in [0.2, 0.25) is 0 Å². The standard InChI is InChI=1S/C15H22F2N2O2.ClH/c1-11(7-12-5-3-4-6-13(12)21-2)8-14(20)19-10-15(16,17)9-18;/h3-6,11H,7-10,18H2,1-2H3,(H,19,20);1H. The normalized spacial score (nSPS) is 12.2. The number of nitrogens with one attached hydrogen (secondary N) is 1. The monoisotopic (exact) mass is 336 g/mol. The van der Waals surface area contributed by atoms with Crippen molar-refractivity contribution in [3.05, 3.63) is 29.8 Å². The number of hydrogen-bond donors (Lipinski definition) is 2. The molecule has 3 N–H and O–H groups in total. The summed E-state index contributed by atoms with van der Waals surface area (Å²) in [6, 6.07) is 7.54. The molecule has 126 valence electrons. The van der Waals surface area contributed by atoms with Gasteiger partial charge in [-0.05, 0) is 24.0 Å². The van der Waals surface area contributed by atoms with Crippen molar-refractivity contribution in [3.8, 4) is 5.75 Å². The maximum absolute atomic E-state index is 12.9. The van der Waals surface area contributed by atoms with Crippen LogP contribution in [0, 0.1) is 5.92 Å². The van der Waals surface area contributed by atoms with Gasteiger partial charge in [-0.1, -0.05) is 25.1 Å². The highest BCUT2D eigenvalue weighted by Crippen LogP contribution is 2.22. The number of amides is 1. The van der Waals surface area contributed by atoms with Crippen molar-refractivity contribution < 1.29 is 18.3 Å². The summed E-state index contributed by atoms with van der Waals surface area (Å²) in [7, 11) is 1.59. The lowest BCUT2D eigenvalue weighted by Crippen LogP contribution is -2.41. The fraction of sp³-hybridized carbons (Fsp3) is 0.533. The van der Waals surface area contributed by atoms with Gasteiger partial charge in [-0.2, -0.15) is 0 Å². The van der Waals surface area contributed by atoms with E-state index < -0.39 is 24.9 Å². The Labute approximate surface area is 135 Å². The summed E-state index contributed by atoms with van der Waals surface area (Å²) in [6.45, 7) is 0.404. The molecule has 0 bridgehead atoms. The maximum Gasteiger partial charge on any atom is 0.277 e. The summed E-state index contributed by atoms with van der Waals surface area (Å²) in [5.74, 6) is -2.67. The third-order valence-corrected chi connectivity index (χ3v) is 3.14. The van der Waals surface area contributed by atoms with E-state index in [1.165, 1.54) is 0 Å². The molecule has 1 unspecified atom stereocenters. The van der Waals surface area contributed by atoms with Gasteiger partial charge in [0.1, 0.15) is 5.75 Å². The lowest BCUT2D eigenvalue weighted by Gasteiger charge is -2.17. The van der Waals surface area contributed by atoms with Crippen LogP contribution in [0.1, 0.15) is 18.9 Å². The number of alkyl halides is 2. The van der Waals surface area contributed by atoms with Gasteiger partial charge in [0, 0.05) is 6.42 Å². The summed E-state index contributed by atoms with van der Waals surface area (Å²) in [5.41, 5.74) is 5.91. The fourth-order valence-corrected chi connectivity index (χ4v) is 2.01. The van der Waals surface area contributed by atoms with Crippen molar-refractivity contribution in [3.63, 3.8) is 0 Å². The second-order valence-corrected chi connectivity index (χ2v) is 5.16. The highest BCUT2D eigenvalue weighted by atomic mass is 35.5. The number of para-hydroxylation sites is 1. The van der Waals surface area contributed by atoms with Crippen LogP contribution in [0.15, 0.2) is 24.3 Å². The number of halogens is 3. The summed E-state index contributed by atoms with van der Waals surface area (Å²) in [6.07, 6.45) is 0.823. The van der Waals surface area contributed by atoms with Crippen LogP contribution in [0.5, 0.6) is 5.75 Å². The third kappa shape index (κ3) is 7.04. The number of carbonyl (C=O) groups excluding carboxylic acids is 1. The SMILES string of the molecule is COc1ccccc1CC(C)CC(=O)NCC(F)(F)CN.Cl. The Kier molecular flexibility index (Phi) is 8.97. The first-order valence-electron chi connectivity index (χ1n) is 6.84. The molecule has 0 radical (unpaired) electrons. The Morgan fingerprint density at radius 3 is 2.64 bits per heavy atom. The van der Waals surface area contributed by atoms with Gasteiger partial charge in [-0.25, -0.2) is 8.78 Å². The van der Waals surface area contributed by atoms with E-state index in [-0.39, 0.29) is 24.7 Å². The van der Waals surface area contributed by atoms with Crippen molar-refractivity contribution in [1.29, 1.82) is 0 Å². The van der Waals surface area contributed by atoms with Gasteiger partial charge in [0.05, 0.1) is 20.2 Å². The maximum atomic E-state index is 12.9. The van der Waals surface area contributed by atoms with Gasteiger partial charge >= 0.3 is 0 Å². The van der Waals surface area contributed by atoms with Crippen molar-refractivity contribution >= 4 is 18.3 Å². The van der Waals surface area contributed by atoms with Gasteiger partial charge in [0.15, 0.2) is 0 Å².